The molecule has 0 fully saturated rings. The zero-order valence-corrected chi connectivity index (χ0v) is 13.7. The first-order valence-electron chi connectivity index (χ1n) is 6.67. The second kappa shape index (κ2) is 5.95. The summed E-state index contributed by atoms with van der Waals surface area (Å²) in [6.07, 6.45) is 0.297. The minimum absolute atomic E-state index is 0.116. The van der Waals surface area contributed by atoms with E-state index in [4.69, 9.17) is 16.3 Å². The molecule has 0 saturated heterocycles. The van der Waals surface area contributed by atoms with Crippen LogP contribution in [0.3, 0.4) is 0 Å². The highest BCUT2D eigenvalue weighted by Crippen LogP contribution is 2.42. The van der Waals surface area contributed by atoms with Crippen LogP contribution in [-0.2, 0) is 0 Å². The summed E-state index contributed by atoms with van der Waals surface area (Å²) in [5.41, 5.74) is 1.58. The van der Waals surface area contributed by atoms with Crippen molar-refractivity contribution in [2.45, 2.75) is 18.6 Å². The molecular weight excluding hydrogens is 357 g/mol. The summed E-state index contributed by atoms with van der Waals surface area (Å²) in [4.78, 5) is 0. The fourth-order valence-electron chi connectivity index (χ4n) is 2.67. The van der Waals surface area contributed by atoms with Crippen LogP contribution >= 0.6 is 27.5 Å². The van der Waals surface area contributed by atoms with E-state index < -0.39 is 0 Å². The SMILES string of the molecule is CNC1CC(c2cc(Cl)ccc2F)Oc2cc(Br)ccc21. The van der Waals surface area contributed by atoms with Gasteiger partial charge < -0.3 is 10.1 Å². The summed E-state index contributed by atoms with van der Waals surface area (Å²) in [6, 6.07) is 10.6. The van der Waals surface area contributed by atoms with Gasteiger partial charge in [0.2, 0.25) is 0 Å². The predicted molar refractivity (Wildman–Crippen MR) is 85.3 cm³/mol. The lowest BCUT2D eigenvalue weighted by atomic mass is 9.93. The number of ether oxygens (including phenoxy) is 1. The molecule has 0 spiro atoms. The van der Waals surface area contributed by atoms with E-state index in [9.17, 15) is 4.39 Å². The molecule has 2 aromatic carbocycles. The Morgan fingerprint density at radius 1 is 1.24 bits per heavy atom. The summed E-state index contributed by atoms with van der Waals surface area (Å²) >= 11 is 9.43. The van der Waals surface area contributed by atoms with E-state index in [-0.39, 0.29) is 18.0 Å². The largest absolute Gasteiger partial charge is 0.485 e. The lowest BCUT2D eigenvalue weighted by Gasteiger charge is -2.32. The Bertz CT molecular complexity index is 679. The van der Waals surface area contributed by atoms with Crippen LogP contribution in [0.15, 0.2) is 40.9 Å². The topological polar surface area (TPSA) is 21.3 Å². The Hall–Kier alpha value is -1.10. The molecular formula is C16H14BrClFNO. The second-order valence-electron chi connectivity index (χ2n) is 5.03. The summed E-state index contributed by atoms with van der Waals surface area (Å²) in [6.45, 7) is 0. The average molecular weight is 371 g/mol. The predicted octanol–water partition coefficient (Wildman–Crippen LogP) is 5.03. The van der Waals surface area contributed by atoms with E-state index in [1.165, 1.54) is 6.07 Å². The molecule has 110 valence electrons. The zero-order chi connectivity index (χ0) is 15.0. The van der Waals surface area contributed by atoms with E-state index in [0.717, 1.165) is 15.8 Å². The van der Waals surface area contributed by atoms with Gasteiger partial charge in [0.1, 0.15) is 17.7 Å². The van der Waals surface area contributed by atoms with Gasteiger partial charge in [-0.3, -0.25) is 0 Å². The van der Waals surface area contributed by atoms with Gasteiger partial charge >= 0.3 is 0 Å². The second-order valence-corrected chi connectivity index (χ2v) is 6.38. The first kappa shape index (κ1) is 14.8. The number of halogens is 3. The van der Waals surface area contributed by atoms with Crippen molar-refractivity contribution in [1.29, 1.82) is 0 Å². The lowest BCUT2D eigenvalue weighted by Crippen LogP contribution is -2.27. The third kappa shape index (κ3) is 2.93. The minimum Gasteiger partial charge on any atom is -0.485 e. The molecule has 1 aliphatic heterocycles. The highest BCUT2D eigenvalue weighted by Gasteiger charge is 2.30. The van der Waals surface area contributed by atoms with Gasteiger partial charge in [-0.15, -0.1) is 0 Å². The van der Waals surface area contributed by atoms with Gasteiger partial charge in [0.05, 0.1) is 0 Å². The maximum atomic E-state index is 14.1. The van der Waals surface area contributed by atoms with Crippen molar-refractivity contribution < 1.29 is 9.13 Å². The van der Waals surface area contributed by atoms with Crippen molar-refractivity contribution in [1.82, 2.24) is 5.32 Å². The van der Waals surface area contributed by atoms with Gasteiger partial charge in [0.25, 0.3) is 0 Å². The molecule has 21 heavy (non-hydrogen) atoms. The highest BCUT2D eigenvalue weighted by atomic mass is 79.9. The Morgan fingerprint density at radius 2 is 2.05 bits per heavy atom. The fourth-order valence-corrected chi connectivity index (χ4v) is 3.19. The summed E-state index contributed by atoms with van der Waals surface area (Å²) in [7, 11) is 1.90. The standard InChI is InChI=1S/C16H14BrClFNO/c1-20-14-8-16(12-7-10(18)3-5-13(12)19)21-15-6-9(17)2-4-11(14)15/h2-7,14,16,20H,8H2,1H3. The first-order chi connectivity index (χ1) is 10.1. The molecule has 0 aromatic heterocycles. The van der Waals surface area contributed by atoms with E-state index in [1.54, 1.807) is 12.1 Å². The molecule has 0 bridgehead atoms. The fraction of sp³-hybridized carbons (Fsp3) is 0.250. The third-order valence-corrected chi connectivity index (χ3v) is 4.45. The molecule has 2 unspecified atom stereocenters. The van der Waals surface area contributed by atoms with Crippen LogP contribution in [0.5, 0.6) is 5.75 Å². The molecule has 2 atom stereocenters. The van der Waals surface area contributed by atoms with E-state index >= 15 is 0 Å². The van der Waals surface area contributed by atoms with Crippen LogP contribution in [0.2, 0.25) is 5.02 Å². The van der Waals surface area contributed by atoms with Crippen molar-refractivity contribution >= 4 is 27.5 Å². The van der Waals surface area contributed by atoms with Crippen molar-refractivity contribution in [2.75, 3.05) is 7.05 Å². The monoisotopic (exact) mass is 369 g/mol. The molecule has 2 aromatic rings. The average Bonchev–Trinajstić information content (AvgIpc) is 2.48. The Kier molecular flexibility index (Phi) is 4.20. The first-order valence-corrected chi connectivity index (χ1v) is 7.84. The van der Waals surface area contributed by atoms with Gasteiger partial charge in [0.15, 0.2) is 0 Å². The molecule has 0 saturated carbocycles. The maximum Gasteiger partial charge on any atom is 0.130 e. The third-order valence-electron chi connectivity index (χ3n) is 3.72. The molecule has 0 aliphatic carbocycles. The van der Waals surface area contributed by atoms with E-state index in [0.29, 0.717) is 17.0 Å². The van der Waals surface area contributed by atoms with Crippen molar-refractivity contribution in [3.63, 3.8) is 0 Å². The van der Waals surface area contributed by atoms with Crippen LogP contribution in [0.1, 0.15) is 29.7 Å². The molecule has 0 radical (unpaired) electrons. The molecule has 2 nitrogen and oxygen atoms in total. The van der Waals surface area contributed by atoms with Crippen molar-refractivity contribution in [3.8, 4) is 5.75 Å². The summed E-state index contributed by atoms with van der Waals surface area (Å²) in [5, 5.41) is 3.77. The number of fused-ring (bicyclic) bond motifs is 1. The van der Waals surface area contributed by atoms with Gasteiger partial charge in [-0.1, -0.05) is 33.6 Å². The highest BCUT2D eigenvalue weighted by molar-refractivity contribution is 9.10. The van der Waals surface area contributed by atoms with Crippen LogP contribution in [0.25, 0.3) is 0 Å². The Morgan fingerprint density at radius 3 is 2.81 bits per heavy atom. The molecule has 1 N–H and O–H groups in total. The van der Waals surface area contributed by atoms with Gasteiger partial charge in [-0.25, -0.2) is 4.39 Å². The molecule has 1 heterocycles. The molecule has 5 heteroatoms. The van der Waals surface area contributed by atoms with E-state index in [1.807, 2.05) is 25.2 Å². The van der Waals surface area contributed by atoms with Gasteiger partial charge in [-0.05, 0) is 37.4 Å². The number of benzene rings is 2. The number of nitrogens with one attached hydrogen (secondary N) is 1. The Labute approximate surface area is 136 Å². The Balaban J connectivity index is 2.01. The quantitative estimate of drug-likeness (QED) is 0.801. The molecule has 1 aliphatic rings. The smallest absolute Gasteiger partial charge is 0.130 e. The van der Waals surface area contributed by atoms with Gasteiger partial charge in [-0.2, -0.15) is 0 Å². The van der Waals surface area contributed by atoms with Crippen LogP contribution < -0.4 is 10.1 Å². The summed E-state index contributed by atoms with van der Waals surface area (Å²) < 4.78 is 21.0. The zero-order valence-electron chi connectivity index (χ0n) is 11.4. The van der Waals surface area contributed by atoms with Crippen molar-refractivity contribution in [3.05, 3.63) is 62.8 Å². The van der Waals surface area contributed by atoms with Gasteiger partial charge in [0, 0.05) is 33.1 Å². The maximum absolute atomic E-state index is 14.1. The van der Waals surface area contributed by atoms with Crippen molar-refractivity contribution in [2.24, 2.45) is 0 Å². The number of hydrogen-bond acceptors (Lipinski definition) is 2. The normalized spacial score (nSPS) is 20.8. The lowest BCUT2D eigenvalue weighted by molar-refractivity contribution is 0.150. The van der Waals surface area contributed by atoms with Crippen LogP contribution in [0.4, 0.5) is 4.39 Å². The molecule has 3 rings (SSSR count). The number of rotatable bonds is 2. The molecule has 0 amide bonds. The van der Waals surface area contributed by atoms with E-state index in [2.05, 4.69) is 21.2 Å². The minimum atomic E-state index is -0.358. The summed E-state index contributed by atoms with van der Waals surface area (Å²) in [5.74, 6) is 0.469. The van der Waals surface area contributed by atoms with Crippen LogP contribution in [-0.4, -0.2) is 7.05 Å². The number of hydrogen-bond donors (Lipinski definition) is 1. The van der Waals surface area contributed by atoms with Crippen LogP contribution in [0, 0.1) is 5.82 Å².